The van der Waals surface area contributed by atoms with Crippen LogP contribution in [0, 0.1) is 0 Å². The lowest BCUT2D eigenvalue weighted by atomic mass is 9.95. The number of allylic oxidation sites excluding steroid dienone is 1. The third-order valence-corrected chi connectivity index (χ3v) is 3.96. The molecule has 3 heteroatoms. The summed E-state index contributed by atoms with van der Waals surface area (Å²) in [5.74, 6) is 0. The second-order valence-corrected chi connectivity index (χ2v) is 5.57. The van der Waals surface area contributed by atoms with Crippen LogP contribution in [-0.4, -0.2) is 34.6 Å². The van der Waals surface area contributed by atoms with E-state index in [0.29, 0.717) is 0 Å². The number of hydrogen-bond acceptors (Lipinski definition) is 3. The quantitative estimate of drug-likeness (QED) is 0.492. The molecule has 0 aromatic carbocycles. The van der Waals surface area contributed by atoms with Gasteiger partial charge in [-0.3, -0.25) is 0 Å². The predicted molar refractivity (Wildman–Crippen MR) is 73.5 cm³/mol. The maximum absolute atomic E-state index is 9.72. The van der Waals surface area contributed by atoms with Crippen LogP contribution in [0.5, 0.6) is 0 Å². The highest BCUT2D eigenvalue weighted by Crippen LogP contribution is 2.35. The van der Waals surface area contributed by atoms with Crippen molar-refractivity contribution in [3.63, 3.8) is 0 Å². The number of unbranched alkanes of at least 4 members (excludes halogenated alkanes) is 4. The summed E-state index contributed by atoms with van der Waals surface area (Å²) in [6.45, 7) is 5.40. The summed E-state index contributed by atoms with van der Waals surface area (Å²) in [6.07, 6.45) is 10.4. The molecule has 0 radical (unpaired) electrons. The van der Waals surface area contributed by atoms with Gasteiger partial charge >= 0.3 is 0 Å². The molecule has 2 N–H and O–H groups in total. The molecule has 3 atom stereocenters. The van der Waals surface area contributed by atoms with E-state index in [2.05, 4.69) is 6.58 Å². The Kier molecular flexibility index (Phi) is 6.90. The SMILES string of the molecule is C=CCCCCCC[C@H]1CC[C@@](C)([C@H](O)CO)O1. The van der Waals surface area contributed by atoms with Gasteiger partial charge in [0.25, 0.3) is 0 Å². The number of aliphatic hydroxyl groups excluding tert-OH is 2. The normalized spacial score (nSPS) is 29.4. The van der Waals surface area contributed by atoms with E-state index in [1.54, 1.807) is 0 Å². The van der Waals surface area contributed by atoms with Crippen molar-refractivity contribution in [2.45, 2.75) is 76.1 Å². The molecule has 1 aliphatic heterocycles. The van der Waals surface area contributed by atoms with Gasteiger partial charge in [0.15, 0.2) is 0 Å². The number of aliphatic hydroxyl groups is 2. The van der Waals surface area contributed by atoms with E-state index in [0.717, 1.165) is 25.7 Å². The van der Waals surface area contributed by atoms with E-state index in [1.165, 1.54) is 25.7 Å². The molecular weight excluding hydrogens is 228 g/mol. The molecule has 0 aromatic rings. The summed E-state index contributed by atoms with van der Waals surface area (Å²) < 4.78 is 5.90. The molecule has 0 aliphatic carbocycles. The third-order valence-electron chi connectivity index (χ3n) is 3.96. The van der Waals surface area contributed by atoms with Crippen LogP contribution in [0.15, 0.2) is 12.7 Å². The molecule has 1 fully saturated rings. The van der Waals surface area contributed by atoms with Gasteiger partial charge in [0.2, 0.25) is 0 Å². The minimum atomic E-state index is -0.755. The Morgan fingerprint density at radius 3 is 2.78 bits per heavy atom. The smallest absolute Gasteiger partial charge is 0.106 e. The van der Waals surface area contributed by atoms with Crippen LogP contribution in [0.2, 0.25) is 0 Å². The van der Waals surface area contributed by atoms with Crippen molar-refractivity contribution < 1.29 is 14.9 Å². The fourth-order valence-corrected chi connectivity index (χ4v) is 2.60. The first-order valence-corrected chi connectivity index (χ1v) is 7.20. The number of ether oxygens (including phenoxy) is 1. The van der Waals surface area contributed by atoms with Gasteiger partial charge in [-0.2, -0.15) is 0 Å². The first kappa shape index (κ1) is 15.7. The molecule has 18 heavy (non-hydrogen) atoms. The third kappa shape index (κ3) is 4.71. The summed E-state index contributed by atoms with van der Waals surface area (Å²) in [6, 6.07) is 0. The van der Waals surface area contributed by atoms with Gasteiger partial charge in [0.05, 0.1) is 18.3 Å². The average Bonchev–Trinajstić information content (AvgIpc) is 2.76. The van der Waals surface area contributed by atoms with Crippen LogP contribution in [0.25, 0.3) is 0 Å². The molecule has 0 aromatic heterocycles. The average molecular weight is 256 g/mol. The topological polar surface area (TPSA) is 49.7 Å². The van der Waals surface area contributed by atoms with Crippen LogP contribution in [0.1, 0.15) is 58.3 Å². The molecule has 0 amide bonds. The van der Waals surface area contributed by atoms with E-state index in [1.807, 2.05) is 13.0 Å². The summed E-state index contributed by atoms with van der Waals surface area (Å²) in [4.78, 5) is 0. The van der Waals surface area contributed by atoms with E-state index in [4.69, 9.17) is 9.84 Å². The monoisotopic (exact) mass is 256 g/mol. The first-order chi connectivity index (χ1) is 8.62. The number of rotatable bonds is 9. The summed E-state index contributed by atoms with van der Waals surface area (Å²) >= 11 is 0. The summed E-state index contributed by atoms with van der Waals surface area (Å²) in [5.41, 5.74) is -0.539. The van der Waals surface area contributed by atoms with Gasteiger partial charge in [0.1, 0.15) is 6.10 Å². The minimum absolute atomic E-state index is 0.217. The lowest BCUT2D eigenvalue weighted by Crippen LogP contribution is -2.41. The van der Waals surface area contributed by atoms with Crippen LogP contribution in [-0.2, 0) is 4.74 Å². The Morgan fingerprint density at radius 2 is 2.11 bits per heavy atom. The van der Waals surface area contributed by atoms with Crippen molar-refractivity contribution in [3.8, 4) is 0 Å². The van der Waals surface area contributed by atoms with Crippen molar-refractivity contribution >= 4 is 0 Å². The maximum Gasteiger partial charge on any atom is 0.106 e. The highest BCUT2D eigenvalue weighted by atomic mass is 16.5. The van der Waals surface area contributed by atoms with E-state index in [9.17, 15) is 5.11 Å². The van der Waals surface area contributed by atoms with Crippen LogP contribution >= 0.6 is 0 Å². The van der Waals surface area contributed by atoms with E-state index >= 15 is 0 Å². The molecule has 1 heterocycles. The van der Waals surface area contributed by atoms with Crippen molar-refractivity contribution in [2.24, 2.45) is 0 Å². The van der Waals surface area contributed by atoms with Crippen molar-refractivity contribution in [2.75, 3.05) is 6.61 Å². The molecule has 0 unspecified atom stereocenters. The first-order valence-electron chi connectivity index (χ1n) is 7.20. The highest BCUT2D eigenvalue weighted by Gasteiger charge is 2.41. The van der Waals surface area contributed by atoms with Crippen molar-refractivity contribution in [3.05, 3.63) is 12.7 Å². The molecule has 1 aliphatic rings. The van der Waals surface area contributed by atoms with Crippen LogP contribution < -0.4 is 0 Å². The Hall–Kier alpha value is -0.380. The second-order valence-electron chi connectivity index (χ2n) is 5.57. The molecule has 1 saturated heterocycles. The fraction of sp³-hybridized carbons (Fsp3) is 0.867. The Balaban J connectivity index is 2.13. The van der Waals surface area contributed by atoms with E-state index in [-0.39, 0.29) is 12.7 Å². The van der Waals surface area contributed by atoms with E-state index < -0.39 is 11.7 Å². The number of hydrogen-bond donors (Lipinski definition) is 2. The zero-order valence-electron chi connectivity index (χ0n) is 11.6. The van der Waals surface area contributed by atoms with Crippen LogP contribution in [0.4, 0.5) is 0 Å². The Bertz CT molecular complexity index is 242. The maximum atomic E-state index is 9.72. The van der Waals surface area contributed by atoms with Gasteiger partial charge in [-0.15, -0.1) is 6.58 Å². The summed E-state index contributed by atoms with van der Waals surface area (Å²) in [7, 11) is 0. The zero-order valence-corrected chi connectivity index (χ0v) is 11.6. The largest absolute Gasteiger partial charge is 0.394 e. The van der Waals surface area contributed by atoms with Gasteiger partial charge in [-0.25, -0.2) is 0 Å². The molecule has 0 bridgehead atoms. The van der Waals surface area contributed by atoms with Gasteiger partial charge in [-0.05, 0) is 39.0 Å². The standard InChI is InChI=1S/C15H28O3/c1-3-4-5-6-7-8-9-13-10-11-15(2,18-13)14(17)12-16/h3,13-14,16-17H,1,4-12H2,2H3/t13-,14+,15-/m0/s1. The molecule has 1 rings (SSSR count). The highest BCUT2D eigenvalue weighted by molar-refractivity contribution is 4.90. The minimum Gasteiger partial charge on any atom is -0.394 e. The zero-order chi connectivity index (χ0) is 13.4. The fourth-order valence-electron chi connectivity index (χ4n) is 2.60. The molecule has 3 nitrogen and oxygen atoms in total. The van der Waals surface area contributed by atoms with Gasteiger partial charge in [-0.1, -0.05) is 25.3 Å². The van der Waals surface area contributed by atoms with Gasteiger partial charge in [0, 0.05) is 0 Å². The van der Waals surface area contributed by atoms with Crippen LogP contribution in [0.3, 0.4) is 0 Å². The van der Waals surface area contributed by atoms with Gasteiger partial charge < -0.3 is 14.9 Å². The second kappa shape index (κ2) is 7.93. The molecule has 106 valence electrons. The Morgan fingerprint density at radius 1 is 1.39 bits per heavy atom. The molecular formula is C15H28O3. The van der Waals surface area contributed by atoms with Crippen molar-refractivity contribution in [1.29, 1.82) is 0 Å². The lowest BCUT2D eigenvalue weighted by Gasteiger charge is -2.29. The Labute approximate surface area is 111 Å². The predicted octanol–water partition coefficient (Wildman–Crippen LogP) is 2.80. The lowest BCUT2D eigenvalue weighted by molar-refractivity contribution is -0.120. The molecule has 0 spiro atoms. The molecule has 0 saturated carbocycles. The summed E-state index contributed by atoms with van der Waals surface area (Å²) in [5, 5.41) is 18.7. The van der Waals surface area contributed by atoms with Crippen molar-refractivity contribution in [1.82, 2.24) is 0 Å².